The van der Waals surface area contributed by atoms with E-state index in [9.17, 15) is 9.90 Å². The van der Waals surface area contributed by atoms with Crippen molar-refractivity contribution < 1.29 is 9.90 Å². The van der Waals surface area contributed by atoms with Crippen molar-refractivity contribution in [2.24, 2.45) is 0 Å². The molecule has 24 heavy (non-hydrogen) atoms. The maximum absolute atomic E-state index is 12.1. The summed E-state index contributed by atoms with van der Waals surface area (Å²) in [7, 11) is 0. The Morgan fingerprint density at radius 3 is 2.46 bits per heavy atom. The van der Waals surface area contributed by atoms with Gasteiger partial charge in [0.05, 0.1) is 6.54 Å². The molecule has 0 saturated carbocycles. The summed E-state index contributed by atoms with van der Waals surface area (Å²) >= 11 is 0. The molecule has 5 heteroatoms. The summed E-state index contributed by atoms with van der Waals surface area (Å²) in [5.74, 6) is 0.430. The Morgan fingerprint density at radius 1 is 1.17 bits per heavy atom. The fourth-order valence-corrected chi connectivity index (χ4v) is 3.12. The fourth-order valence-electron chi connectivity index (χ4n) is 3.12. The van der Waals surface area contributed by atoms with E-state index in [-0.39, 0.29) is 11.9 Å². The molecule has 0 radical (unpaired) electrons. The molecule has 1 aliphatic rings. The maximum Gasteiger partial charge on any atom is 0.234 e. The molecule has 0 unspecified atom stereocenters. The van der Waals surface area contributed by atoms with E-state index in [1.54, 1.807) is 12.1 Å². The maximum atomic E-state index is 12.1. The van der Waals surface area contributed by atoms with Gasteiger partial charge < -0.3 is 15.3 Å². The first-order valence-corrected chi connectivity index (χ1v) is 9.14. The summed E-state index contributed by atoms with van der Waals surface area (Å²) in [5.41, 5.74) is 1.13. The molecule has 1 saturated heterocycles. The highest BCUT2D eigenvalue weighted by Crippen LogP contribution is 2.19. The van der Waals surface area contributed by atoms with Crippen molar-refractivity contribution in [3.05, 3.63) is 24.3 Å². The quantitative estimate of drug-likeness (QED) is 0.718. The first kappa shape index (κ1) is 18.6. The van der Waals surface area contributed by atoms with Crippen LogP contribution in [0.5, 0.6) is 5.75 Å². The molecule has 1 fully saturated rings. The molecule has 2 rings (SSSR count). The number of aromatic hydroxyl groups is 1. The van der Waals surface area contributed by atoms with E-state index in [2.05, 4.69) is 29.0 Å². The third-order valence-electron chi connectivity index (χ3n) is 4.60. The van der Waals surface area contributed by atoms with Crippen LogP contribution in [0, 0.1) is 0 Å². The van der Waals surface area contributed by atoms with Crippen LogP contribution in [0.4, 0.5) is 5.69 Å². The topological polar surface area (TPSA) is 55.8 Å². The van der Waals surface area contributed by atoms with E-state index in [0.29, 0.717) is 12.3 Å². The van der Waals surface area contributed by atoms with Crippen LogP contribution in [0.25, 0.3) is 0 Å². The largest absolute Gasteiger partial charge is 0.508 e. The summed E-state index contributed by atoms with van der Waals surface area (Å²) < 4.78 is 0. The average Bonchev–Trinajstić information content (AvgIpc) is 2.56. The number of nitrogens with zero attached hydrogens (tertiary/aromatic N) is 2. The zero-order valence-corrected chi connectivity index (χ0v) is 15.0. The van der Waals surface area contributed by atoms with E-state index in [1.807, 2.05) is 12.1 Å². The van der Waals surface area contributed by atoms with Crippen LogP contribution >= 0.6 is 0 Å². The zero-order chi connectivity index (χ0) is 17.4. The summed E-state index contributed by atoms with van der Waals surface area (Å²) in [6, 6.07) is 7.58. The van der Waals surface area contributed by atoms with Gasteiger partial charge in [-0.25, -0.2) is 0 Å². The van der Waals surface area contributed by atoms with E-state index >= 15 is 0 Å². The highest BCUT2D eigenvalue weighted by molar-refractivity contribution is 5.78. The molecule has 1 aromatic carbocycles. The zero-order valence-electron chi connectivity index (χ0n) is 15.0. The van der Waals surface area contributed by atoms with Crippen LogP contribution in [-0.2, 0) is 4.79 Å². The Kier molecular flexibility index (Phi) is 7.37. The highest BCUT2D eigenvalue weighted by atomic mass is 16.3. The predicted molar refractivity (Wildman–Crippen MR) is 98.5 cm³/mol. The molecule has 134 valence electrons. The van der Waals surface area contributed by atoms with Crippen LogP contribution in [0.15, 0.2) is 24.3 Å². The van der Waals surface area contributed by atoms with Crippen molar-refractivity contribution in [2.75, 3.05) is 37.6 Å². The van der Waals surface area contributed by atoms with Gasteiger partial charge >= 0.3 is 0 Å². The number of phenols is 1. The number of hydrogen-bond acceptors (Lipinski definition) is 4. The molecule has 1 heterocycles. The first-order chi connectivity index (χ1) is 11.6. The van der Waals surface area contributed by atoms with Gasteiger partial charge in [0.2, 0.25) is 5.91 Å². The van der Waals surface area contributed by atoms with E-state index < -0.39 is 0 Å². The van der Waals surface area contributed by atoms with Gasteiger partial charge in [-0.05, 0) is 37.6 Å². The second-order valence-corrected chi connectivity index (χ2v) is 6.74. The monoisotopic (exact) mass is 333 g/mol. The van der Waals surface area contributed by atoms with Crippen LogP contribution < -0.4 is 10.2 Å². The van der Waals surface area contributed by atoms with E-state index in [0.717, 1.165) is 38.3 Å². The Bertz CT molecular complexity index is 496. The molecule has 2 N–H and O–H groups in total. The lowest BCUT2D eigenvalue weighted by molar-refractivity contribution is -0.123. The molecule has 1 amide bonds. The molecule has 1 atom stereocenters. The number of amides is 1. The van der Waals surface area contributed by atoms with Gasteiger partial charge in [0.25, 0.3) is 0 Å². The number of nitrogens with one attached hydrogen (secondary N) is 1. The molecule has 0 bridgehead atoms. The van der Waals surface area contributed by atoms with Crippen molar-refractivity contribution in [1.29, 1.82) is 0 Å². The molecule has 0 spiro atoms. The third kappa shape index (κ3) is 6.04. The van der Waals surface area contributed by atoms with Crippen molar-refractivity contribution >= 4 is 11.6 Å². The lowest BCUT2D eigenvalue weighted by Crippen LogP contribution is -2.50. The van der Waals surface area contributed by atoms with Crippen LogP contribution in [-0.4, -0.2) is 54.7 Å². The molecule has 0 aromatic heterocycles. The SMILES string of the molecule is CCCCC[C@H](C)NC(=O)CN1CCN(c2ccc(O)cc2)CC1. The van der Waals surface area contributed by atoms with Crippen molar-refractivity contribution in [3.8, 4) is 5.75 Å². The van der Waals surface area contributed by atoms with Crippen molar-refractivity contribution in [3.63, 3.8) is 0 Å². The number of carbonyl (C=O) groups is 1. The minimum atomic E-state index is 0.136. The molecule has 0 aliphatic carbocycles. The molecule has 5 nitrogen and oxygen atoms in total. The lowest BCUT2D eigenvalue weighted by atomic mass is 10.1. The number of anilines is 1. The minimum absolute atomic E-state index is 0.136. The number of phenolic OH excluding ortho intramolecular Hbond substituents is 1. The van der Waals surface area contributed by atoms with Crippen LogP contribution in [0.1, 0.15) is 39.5 Å². The molecular weight excluding hydrogens is 302 g/mol. The summed E-state index contributed by atoms with van der Waals surface area (Å²) in [6.07, 6.45) is 4.70. The smallest absolute Gasteiger partial charge is 0.234 e. The average molecular weight is 333 g/mol. The number of hydrogen-bond donors (Lipinski definition) is 2. The first-order valence-electron chi connectivity index (χ1n) is 9.14. The standard InChI is InChI=1S/C19H31N3O2/c1-3-4-5-6-16(2)20-19(24)15-21-11-13-22(14-12-21)17-7-9-18(23)10-8-17/h7-10,16,23H,3-6,11-15H2,1-2H3,(H,20,24)/t16-/m0/s1. The molecular formula is C19H31N3O2. The van der Waals surface area contributed by atoms with Crippen LogP contribution in [0.2, 0.25) is 0 Å². The van der Waals surface area contributed by atoms with Gasteiger partial charge in [-0.3, -0.25) is 9.69 Å². The van der Waals surface area contributed by atoms with Gasteiger partial charge in [-0.15, -0.1) is 0 Å². The number of unbranched alkanes of at least 4 members (excludes halogenated alkanes) is 2. The third-order valence-corrected chi connectivity index (χ3v) is 4.60. The Balaban J connectivity index is 1.68. The molecule has 1 aliphatic heterocycles. The van der Waals surface area contributed by atoms with Gasteiger partial charge in [0.15, 0.2) is 0 Å². The minimum Gasteiger partial charge on any atom is -0.508 e. The Hall–Kier alpha value is -1.75. The summed E-state index contributed by atoms with van der Waals surface area (Å²) in [5, 5.41) is 12.5. The summed E-state index contributed by atoms with van der Waals surface area (Å²) in [4.78, 5) is 16.7. The number of rotatable bonds is 8. The second-order valence-electron chi connectivity index (χ2n) is 6.74. The Morgan fingerprint density at radius 2 is 1.83 bits per heavy atom. The fraction of sp³-hybridized carbons (Fsp3) is 0.632. The van der Waals surface area contributed by atoms with Gasteiger partial charge in [0.1, 0.15) is 5.75 Å². The van der Waals surface area contributed by atoms with Gasteiger partial charge in [0, 0.05) is 37.9 Å². The van der Waals surface area contributed by atoms with Crippen LogP contribution in [0.3, 0.4) is 0 Å². The second kappa shape index (κ2) is 9.52. The lowest BCUT2D eigenvalue weighted by Gasteiger charge is -2.35. The predicted octanol–water partition coefficient (Wildman–Crippen LogP) is 2.60. The van der Waals surface area contributed by atoms with Gasteiger partial charge in [-0.2, -0.15) is 0 Å². The van der Waals surface area contributed by atoms with Crippen molar-refractivity contribution in [2.45, 2.75) is 45.6 Å². The highest BCUT2D eigenvalue weighted by Gasteiger charge is 2.19. The van der Waals surface area contributed by atoms with Gasteiger partial charge in [-0.1, -0.05) is 26.2 Å². The molecule has 1 aromatic rings. The van der Waals surface area contributed by atoms with Crippen molar-refractivity contribution in [1.82, 2.24) is 10.2 Å². The normalized spacial score (nSPS) is 16.8. The van der Waals surface area contributed by atoms with E-state index in [4.69, 9.17) is 0 Å². The number of piperazine rings is 1. The number of benzene rings is 1. The summed E-state index contributed by atoms with van der Waals surface area (Å²) in [6.45, 7) is 8.37. The van der Waals surface area contributed by atoms with E-state index in [1.165, 1.54) is 19.3 Å². The Labute approximate surface area is 145 Å². The number of carbonyl (C=O) groups excluding carboxylic acids is 1.